The Bertz CT molecular complexity index is 391. The minimum atomic E-state index is -1.26. The first-order valence-corrected chi connectivity index (χ1v) is 5.16. The normalized spacial score (nSPS) is 13.8. The number of carboxylic acid groups (broad SMARTS) is 1. The van der Waals surface area contributed by atoms with Crippen LogP contribution in [-0.2, 0) is 20.7 Å². The van der Waals surface area contributed by atoms with Gasteiger partial charge in [0.1, 0.15) is 6.04 Å². The number of hydrogen-bond acceptors (Lipinski definition) is 4. The maximum atomic E-state index is 11.5. The van der Waals surface area contributed by atoms with Crippen molar-refractivity contribution in [2.24, 2.45) is 11.7 Å². The van der Waals surface area contributed by atoms with Crippen LogP contribution >= 0.6 is 0 Å². The molecule has 0 bridgehead atoms. The second-order valence-corrected chi connectivity index (χ2v) is 3.68. The minimum absolute atomic E-state index is 0.251. The second-order valence-electron chi connectivity index (χ2n) is 3.68. The van der Waals surface area contributed by atoms with E-state index >= 15 is 0 Å². The summed E-state index contributed by atoms with van der Waals surface area (Å²) in [7, 11) is 1.22. The van der Waals surface area contributed by atoms with Gasteiger partial charge in [0.15, 0.2) is 0 Å². The molecule has 17 heavy (non-hydrogen) atoms. The third kappa shape index (κ3) is 3.57. The molecule has 0 aliphatic carbocycles. The summed E-state index contributed by atoms with van der Waals surface area (Å²) in [4.78, 5) is 22.3. The first-order chi connectivity index (χ1) is 8.06. The number of methoxy groups -OCH3 is 1. The van der Waals surface area contributed by atoms with Crippen molar-refractivity contribution in [2.45, 2.75) is 12.5 Å². The molecular formula is C12H15NO4. The van der Waals surface area contributed by atoms with Crippen molar-refractivity contribution in [3.63, 3.8) is 0 Å². The Hall–Kier alpha value is -1.88. The number of carbonyl (C=O) groups is 2. The van der Waals surface area contributed by atoms with Crippen molar-refractivity contribution in [1.29, 1.82) is 0 Å². The van der Waals surface area contributed by atoms with Gasteiger partial charge >= 0.3 is 11.9 Å². The predicted molar refractivity (Wildman–Crippen MR) is 61.3 cm³/mol. The predicted octanol–water partition coefficient (Wildman–Crippen LogP) is 0.430. The van der Waals surface area contributed by atoms with Crippen molar-refractivity contribution in [2.75, 3.05) is 7.11 Å². The highest BCUT2D eigenvalue weighted by Gasteiger charge is 2.31. The second kappa shape index (κ2) is 6.00. The minimum Gasteiger partial charge on any atom is -0.480 e. The maximum Gasteiger partial charge on any atom is 0.321 e. The van der Waals surface area contributed by atoms with Gasteiger partial charge < -0.3 is 15.6 Å². The van der Waals surface area contributed by atoms with Gasteiger partial charge in [-0.25, -0.2) is 0 Å². The van der Waals surface area contributed by atoms with E-state index in [2.05, 4.69) is 4.74 Å². The van der Waals surface area contributed by atoms with Crippen molar-refractivity contribution < 1.29 is 19.4 Å². The Morgan fingerprint density at radius 1 is 1.35 bits per heavy atom. The van der Waals surface area contributed by atoms with E-state index in [-0.39, 0.29) is 6.42 Å². The molecule has 1 aromatic rings. The van der Waals surface area contributed by atoms with E-state index in [1.807, 2.05) is 30.3 Å². The van der Waals surface area contributed by atoms with E-state index in [1.165, 1.54) is 7.11 Å². The number of esters is 1. The lowest BCUT2D eigenvalue weighted by Gasteiger charge is -2.18. The zero-order chi connectivity index (χ0) is 12.8. The lowest BCUT2D eigenvalue weighted by molar-refractivity contribution is -0.152. The molecule has 1 rings (SSSR count). The van der Waals surface area contributed by atoms with Crippen molar-refractivity contribution >= 4 is 11.9 Å². The van der Waals surface area contributed by atoms with Gasteiger partial charge in [-0.1, -0.05) is 30.3 Å². The smallest absolute Gasteiger partial charge is 0.321 e. The molecule has 0 fully saturated rings. The highest BCUT2D eigenvalue weighted by Crippen LogP contribution is 2.13. The van der Waals surface area contributed by atoms with Gasteiger partial charge in [0.25, 0.3) is 0 Å². The highest BCUT2D eigenvalue weighted by atomic mass is 16.5. The highest BCUT2D eigenvalue weighted by molar-refractivity contribution is 5.83. The van der Waals surface area contributed by atoms with Crippen LogP contribution in [0.3, 0.4) is 0 Å². The zero-order valence-electron chi connectivity index (χ0n) is 9.50. The van der Waals surface area contributed by atoms with Gasteiger partial charge in [0, 0.05) is 0 Å². The van der Waals surface area contributed by atoms with Crippen molar-refractivity contribution in [1.82, 2.24) is 0 Å². The van der Waals surface area contributed by atoms with E-state index in [0.29, 0.717) is 0 Å². The number of carboxylic acids is 1. The molecule has 0 radical (unpaired) electrons. The lowest BCUT2D eigenvalue weighted by Crippen LogP contribution is -2.43. The molecule has 0 saturated heterocycles. The molecule has 0 unspecified atom stereocenters. The topological polar surface area (TPSA) is 89.6 Å². The van der Waals surface area contributed by atoms with Crippen LogP contribution < -0.4 is 5.73 Å². The number of aliphatic carboxylic acids is 1. The Balaban J connectivity index is 2.85. The Morgan fingerprint density at radius 3 is 2.41 bits per heavy atom. The van der Waals surface area contributed by atoms with Crippen LogP contribution in [0.1, 0.15) is 5.56 Å². The molecule has 92 valence electrons. The summed E-state index contributed by atoms with van der Waals surface area (Å²) in [5.74, 6) is -2.69. The summed E-state index contributed by atoms with van der Waals surface area (Å²) in [6.07, 6.45) is 0.251. The molecule has 0 aliphatic heterocycles. The molecule has 3 N–H and O–H groups in total. The molecule has 1 aromatic carbocycles. The van der Waals surface area contributed by atoms with Crippen LogP contribution in [0.15, 0.2) is 30.3 Å². The Morgan fingerprint density at radius 2 is 1.94 bits per heavy atom. The first kappa shape index (κ1) is 13.2. The molecule has 0 spiro atoms. The third-order valence-corrected chi connectivity index (χ3v) is 2.52. The van der Waals surface area contributed by atoms with E-state index in [9.17, 15) is 9.59 Å². The van der Waals surface area contributed by atoms with E-state index in [1.54, 1.807) is 0 Å². The van der Waals surface area contributed by atoms with Crippen LogP contribution in [0.2, 0.25) is 0 Å². The van der Waals surface area contributed by atoms with Crippen LogP contribution in [0.5, 0.6) is 0 Å². The number of rotatable bonds is 5. The molecule has 2 atom stereocenters. The Labute approximate surface area is 99.2 Å². The first-order valence-electron chi connectivity index (χ1n) is 5.16. The van der Waals surface area contributed by atoms with Crippen LogP contribution in [-0.4, -0.2) is 30.2 Å². The fourth-order valence-electron chi connectivity index (χ4n) is 1.55. The van der Waals surface area contributed by atoms with Crippen LogP contribution in [0.4, 0.5) is 0 Å². The molecule has 0 aliphatic rings. The summed E-state index contributed by atoms with van der Waals surface area (Å²) in [5.41, 5.74) is 6.33. The fraction of sp³-hybridized carbons (Fsp3) is 0.333. The molecule has 5 nitrogen and oxygen atoms in total. The fourth-order valence-corrected chi connectivity index (χ4v) is 1.55. The summed E-state index contributed by atoms with van der Waals surface area (Å²) in [5, 5.41) is 8.84. The molecule has 0 saturated carbocycles. The molecule has 0 heterocycles. The quantitative estimate of drug-likeness (QED) is 0.725. The lowest BCUT2D eigenvalue weighted by atomic mass is 9.92. The maximum absolute atomic E-state index is 11.5. The van der Waals surface area contributed by atoms with Gasteiger partial charge in [-0.2, -0.15) is 0 Å². The van der Waals surface area contributed by atoms with Gasteiger partial charge in [0.2, 0.25) is 0 Å². The zero-order valence-corrected chi connectivity index (χ0v) is 9.50. The van der Waals surface area contributed by atoms with Gasteiger partial charge in [-0.05, 0) is 12.0 Å². The van der Waals surface area contributed by atoms with E-state index < -0.39 is 23.9 Å². The number of ether oxygens (including phenoxy) is 1. The average Bonchev–Trinajstić information content (AvgIpc) is 2.35. The number of carbonyl (C=O) groups excluding carboxylic acids is 1. The van der Waals surface area contributed by atoms with Crippen LogP contribution in [0, 0.1) is 5.92 Å². The summed E-state index contributed by atoms with van der Waals surface area (Å²) >= 11 is 0. The number of nitrogens with two attached hydrogens (primary N) is 1. The SMILES string of the molecule is COC(=O)[C@H](Cc1ccccc1)[C@H](N)C(=O)O. The number of hydrogen-bond donors (Lipinski definition) is 2. The van der Waals surface area contributed by atoms with Gasteiger partial charge in [-0.15, -0.1) is 0 Å². The van der Waals surface area contributed by atoms with Crippen LogP contribution in [0.25, 0.3) is 0 Å². The number of benzene rings is 1. The molecule has 0 aromatic heterocycles. The van der Waals surface area contributed by atoms with Crippen molar-refractivity contribution in [3.05, 3.63) is 35.9 Å². The summed E-state index contributed by atoms with van der Waals surface area (Å²) in [6, 6.07) is 7.83. The molecule has 5 heteroatoms. The standard InChI is InChI=1S/C12H15NO4/c1-17-12(16)9(10(13)11(14)15)7-8-5-3-2-4-6-8/h2-6,9-10H,7,13H2,1H3,(H,14,15)/t9-,10+/m1/s1. The van der Waals surface area contributed by atoms with Crippen molar-refractivity contribution in [3.8, 4) is 0 Å². The summed E-state index contributed by atoms with van der Waals surface area (Å²) < 4.78 is 4.57. The summed E-state index contributed by atoms with van der Waals surface area (Å²) in [6.45, 7) is 0. The van der Waals surface area contributed by atoms with Gasteiger partial charge in [0.05, 0.1) is 13.0 Å². The largest absolute Gasteiger partial charge is 0.480 e. The monoisotopic (exact) mass is 237 g/mol. The third-order valence-electron chi connectivity index (χ3n) is 2.52. The average molecular weight is 237 g/mol. The Kier molecular flexibility index (Phi) is 4.66. The van der Waals surface area contributed by atoms with E-state index in [0.717, 1.165) is 5.56 Å². The molecular weight excluding hydrogens is 222 g/mol. The van der Waals surface area contributed by atoms with E-state index in [4.69, 9.17) is 10.8 Å². The van der Waals surface area contributed by atoms with Gasteiger partial charge in [-0.3, -0.25) is 9.59 Å². The molecule has 0 amide bonds.